The Morgan fingerprint density at radius 3 is 2.45 bits per heavy atom. The second kappa shape index (κ2) is 9.11. The number of anilines is 1. The van der Waals surface area contributed by atoms with E-state index in [9.17, 15) is 17.6 Å². The van der Waals surface area contributed by atoms with Gasteiger partial charge in [0.05, 0.1) is 24.8 Å². The van der Waals surface area contributed by atoms with Crippen molar-refractivity contribution in [2.45, 2.75) is 17.9 Å². The van der Waals surface area contributed by atoms with Crippen molar-refractivity contribution in [2.24, 2.45) is 0 Å². The molecule has 33 heavy (non-hydrogen) atoms. The molecule has 1 aliphatic heterocycles. The molecule has 0 saturated carbocycles. The lowest BCUT2D eigenvalue weighted by molar-refractivity contribution is 0.0468. The lowest BCUT2D eigenvalue weighted by Crippen LogP contribution is -2.29. The van der Waals surface area contributed by atoms with Crippen LogP contribution in [0.4, 0.5) is 10.1 Å². The van der Waals surface area contributed by atoms with Crippen LogP contribution in [0.5, 0.6) is 11.5 Å². The van der Waals surface area contributed by atoms with Crippen molar-refractivity contribution in [1.82, 2.24) is 0 Å². The molecule has 7 nitrogen and oxygen atoms in total. The zero-order valence-electron chi connectivity index (χ0n) is 18.1. The number of methoxy groups -OCH3 is 2. The third kappa shape index (κ3) is 4.36. The number of halogens is 1. The SMILES string of the molecule is COc1ccc(COC(=O)c2cc(S(=O)(=O)N3CCc4ccccc43)ccc2OC)cc1F. The molecule has 3 aromatic rings. The number of para-hydroxylation sites is 1. The quantitative estimate of drug-likeness (QED) is 0.486. The van der Waals surface area contributed by atoms with E-state index in [1.807, 2.05) is 12.1 Å². The number of esters is 1. The Labute approximate surface area is 191 Å². The molecule has 0 radical (unpaired) electrons. The van der Waals surface area contributed by atoms with Gasteiger partial charge in [-0.2, -0.15) is 0 Å². The number of carbonyl (C=O) groups excluding carboxylic acids is 1. The summed E-state index contributed by atoms with van der Waals surface area (Å²) in [6.45, 7) is 0.107. The van der Waals surface area contributed by atoms with Crippen LogP contribution in [0.1, 0.15) is 21.5 Å². The lowest BCUT2D eigenvalue weighted by atomic mass is 10.2. The van der Waals surface area contributed by atoms with Crippen LogP contribution in [0.15, 0.2) is 65.6 Å². The number of rotatable bonds is 7. The molecule has 0 bridgehead atoms. The molecule has 0 saturated heterocycles. The summed E-state index contributed by atoms with van der Waals surface area (Å²) in [5, 5.41) is 0. The Bertz CT molecular complexity index is 1310. The number of sulfonamides is 1. The van der Waals surface area contributed by atoms with Gasteiger partial charge in [0.25, 0.3) is 10.0 Å². The second-order valence-corrected chi connectivity index (χ2v) is 9.23. The molecule has 0 unspecified atom stereocenters. The van der Waals surface area contributed by atoms with Gasteiger partial charge in [0.2, 0.25) is 0 Å². The zero-order valence-corrected chi connectivity index (χ0v) is 18.9. The van der Waals surface area contributed by atoms with Crippen molar-refractivity contribution < 1.29 is 31.8 Å². The number of fused-ring (bicyclic) bond motifs is 1. The van der Waals surface area contributed by atoms with E-state index in [2.05, 4.69) is 0 Å². The van der Waals surface area contributed by atoms with Crippen molar-refractivity contribution in [3.63, 3.8) is 0 Å². The van der Waals surface area contributed by atoms with E-state index in [-0.39, 0.29) is 28.6 Å². The Morgan fingerprint density at radius 1 is 1.00 bits per heavy atom. The summed E-state index contributed by atoms with van der Waals surface area (Å²) in [6.07, 6.45) is 0.610. The van der Waals surface area contributed by atoms with Gasteiger partial charge in [0, 0.05) is 6.54 Å². The van der Waals surface area contributed by atoms with Crippen LogP contribution in [-0.2, 0) is 27.8 Å². The summed E-state index contributed by atoms with van der Waals surface area (Å²) >= 11 is 0. The third-order valence-corrected chi connectivity index (χ3v) is 7.22. The first-order chi connectivity index (χ1) is 15.8. The monoisotopic (exact) mass is 471 g/mol. The minimum absolute atomic E-state index is 0.0416. The minimum atomic E-state index is -3.91. The fourth-order valence-electron chi connectivity index (χ4n) is 3.72. The molecule has 0 spiro atoms. The highest BCUT2D eigenvalue weighted by Gasteiger charge is 2.31. The van der Waals surface area contributed by atoms with Crippen LogP contribution >= 0.6 is 0 Å². The molecule has 172 valence electrons. The Balaban J connectivity index is 1.59. The second-order valence-electron chi connectivity index (χ2n) is 7.36. The van der Waals surface area contributed by atoms with Crippen LogP contribution < -0.4 is 13.8 Å². The van der Waals surface area contributed by atoms with E-state index in [0.717, 1.165) is 5.56 Å². The van der Waals surface area contributed by atoms with Gasteiger partial charge in [-0.25, -0.2) is 17.6 Å². The standard InChI is InChI=1S/C24H22FNO6S/c1-30-22-10-8-18(33(28,29)26-12-11-17-5-3-4-6-21(17)26)14-19(22)24(27)32-15-16-7-9-23(31-2)20(25)13-16/h3-10,13-14H,11-12,15H2,1-2H3. The zero-order chi connectivity index (χ0) is 23.6. The highest BCUT2D eigenvalue weighted by Crippen LogP contribution is 2.34. The smallest absolute Gasteiger partial charge is 0.342 e. The molecule has 0 N–H and O–H groups in total. The Morgan fingerprint density at radius 2 is 1.73 bits per heavy atom. The summed E-state index contributed by atoms with van der Waals surface area (Å²) in [5.41, 5.74) is 1.94. The van der Waals surface area contributed by atoms with Crippen molar-refractivity contribution in [3.8, 4) is 11.5 Å². The summed E-state index contributed by atoms with van der Waals surface area (Å²) in [5.74, 6) is -1.13. The Kier molecular flexibility index (Phi) is 6.24. The van der Waals surface area contributed by atoms with Gasteiger partial charge in [-0.1, -0.05) is 24.3 Å². The number of carbonyl (C=O) groups is 1. The predicted octanol–water partition coefficient (Wildman–Crippen LogP) is 3.95. The summed E-state index contributed by atoms with van der Waals surface area (Å²) in [4.78, 5) is 12.7. The largest absolute Gasteiger partial charge is 0.496 e. The number of benzene rings is 3. The van der Waals surface area contributed by atoms with Crippen LogP contribution in [0.2, 0.25) is 0 Å². The number of hydrogen-bond donors (Lipinski definition) is 0. The van der Waals surface area contributed by atoms with Gasteiger partial charge < -0.3 is 14.2 Å². The summed E-state index contributed by atoms with van der Waals surface area (Å²) < 4.78 is 57.3. The number of ether oxygens (including phenoxy) is 3. The van der Waals surface area contributed by atoms with Crippen LogP contribution in [0.25, 0.3) is 0 Å². The minimum Gasteiger partial charge on any atom is -0.496 e. The lowest BCUT2D eigenvalue weighted by Gasteiger charge is -2.20. The van der Waals surface area contributed by atoms with E-state index >= 15 is 0 Å². The highest BCUT2D eigenvalue weighted by atomic mass is 32.2. The van der Waals surface area contributed by atoms with Crippen LogP contribution in [0, 0.1) is 5.82 Å². The van der Waals surface area contributed by atoms with Gasteiger partial charge in [0.1, 0.15) is 17.9 Å². The molecular formula is C24H22FNO6S. The topological polar surface area (TPSA) is 82.1 Å². The van der Waals surface area contributed by atoms with Gasteiger partial charge in [-0.05, 0) is 53.9 Å². The third-order valence-electron chi connectivity index (χ3n) is 5.41. The first-order valence-corrected chi connectivity index (χ1v) is 11.6. The normalized spacial score (nSPS) is 12.9. The number of hydrogen-bond acceptors (Lipinski definition) is 6. The first kappa shape index (κ1) is 22.6. The molecule has 0 aliphatic carbocycles. The fraction of sp³-hybridized carbons (Fsp3) is 0.208. The fourth-order valence-corrected chi connectivity index (χ4v) is 5.25. The molecule has 9 heteroatoms. The molecule has 3 aromatic carbocycles. The van der Waals surface area contributed by atoms with Crippen molar-refractivity contribution in [1.29, 1.82) is 0 Å². The van der Waals surface area contributed by atoms with Gasteiger partial charge >= 0.3 is 5.97 Å². The van der Waals surface area contributed by atoms with Crippen molar-refractivity contribution in [2.75, 3.05) is 25.1 Å². The molecular weight excluding hydrogens is 449 g/mol. The maximum Gasteiger partial charge on any atom is 0.342 e. The van der Waals surface area contributed by atoms with Gasteiger partial charge in [0.15, 0.2) is 11.6 Å². The molecule has 4 rings (SSSR count). The maximum atomic E-state index is 13.9. The van der Waals surface area contributed by atoms with Gasteiger partial charge in [-0.15, -0.1) is 0 Å². The molecule has 0 aromatic heterocycles. The average Bonchev–Trinajstić information content (AvgIpc) is 3.27. The van der Waals surface area contributed by atoms with Crippen LogP contribution in [0.3, 0.4) is 0 Å². The van der Waals surface area contributed by atoms with E-state index in [0.29, 0.717) is 24.2 Å². The maximum absolute atomic E-state index is 13.9. The van der Waals surface area contributed by atoms with E-state index < -0.39 is 21.8 Å². The molecule has 0 atom stereocenters. The van der Waals surface area contributed by atoms with Crippen molar-refractivity contribution in [3.05, 3.63) is 83.2 Å². The van der Waals surface area contributed by atoms with Gasteiger partial charge in [-0.3, -0.25) is 4.31 Å². The first-order valence-electron chi connectivity index (χ1n) is 10.1. The summed E-state index contributed by atoms with van der Waals surface area (Å²) in [6, 6.07) is 15.6. The van der Waals surface area contributed by atoms with E-state index in [1.165, 1.54) is 48.9 Å². The highest BCUT2D eigenvalue weighted by molar-refractivity contribution is 7.92. The van der Waals surface area contributed by atoms with E-state index in [4.69, 9.17) is 14.2 Å². The molecule has 0 fully saturated rings. The predicted molar refractivity (Wildman–Crippen MR) is 120 cm³/mol. The van der Waals surface area contributed by atoms with E-state index in [1.54, 1.807) is 18.2 Å². The number of nitrogens with zero attached hydrogens (tertiary/aromatic N) is 1. The van der Waals surface area contributed by atoms with Crippen LogP contribution in [-0.4, -0.2) is 35.2 Å². The average molecular weight is 472 g/mol. The Hall–Kier alpha value is -3.59. The summed E-state index contributed by atoms with van der Waals surface area (Å²) in [7, 11) is -1.18. The molecule has 1 heterocycles. The molecule has 1 aliphatic rings. The van der Waals surface area contributed by atoms with Crippen molar-refractivity contribution >= 4 is 21.7 Å². The molecule has 0 amide bonds.